The number of carbonyl (C=O) groups is 1. The van der Waals surface area contributed by atoms with Crippen molar-refractivity contribution in [2.75, 3.05) is 18.5 Å². The van der Waals surface area contributed by atoms with Gasteiger partial charge < -0.3 is 25.6 Å². The Kier molecular flexibility index (Phi) is 4.78. The summed E-state index contributed by atoms with van der Waals surface area (Å²) in [5, 5.41) is 31.5. The molecule has 0 aromatic carbocycles. The SMILES string of the molecule is CC(CO)(CNc1cc(Br)cnc1[N+](=O)[O-])C(=O)O. The van der Waals surface area contributed by atoms with Crippen LogP contribution in [0, 0.1) is 15.5 Å². The van der Waals surface area contributed by atoms with Gasteiger partial charge in [-0.3, -0.25) is 4.79 Å². The Morgan fingerprint density at radius 1 is 1.68 bits per heavy atom. The highest BCUT2D eigenvalue weighted by atomic mass is 79.9. The number of nitro groups is 1. The van der Waals surface area contributed by atoms with Crippen LogP contribution < -0.4 is 5.32 Å². The molecule has 8 nitrogen and oxygen atoms in total. The fraction of sp³-hybridized carbons (Fsp3) is 0.400. The van der Waals surface area contributed by atoms with Crippen molar-refractivity contribution in [3.63, 3.8) is 0 Å². The summed E-state index contributed by atoms with van der Waals surface area (Å²) >= 11 is 3.12. The van der Waals surface area contributed by atoms with Crippen molar-refractivity contribution in [1.82, 2.24) is 4.98 Å². The normalized spacial score (nSPS) is 13.6. The van der Waals surface area contributed by atoms with Crippen molar-refractivity contribution in [1.29, 1.82) is 0 Å². The molecule has 0 aliphatic carbocycles. The molecule has 0 radical (unpaired) electrons. The van der Waals surface area contributed by atoms with Crippen molar-refractivity contribution in [2.45, 2.75) is 6.92 Å². The summed E-state index contributed by atoms with van der Waals surface area (Å²) in [7, 11) is 0. The maximum atomic E-state index is 11.0. The predicted octanol–water partition coefficient (Wildman–Crippen LogP) is 1.25. The molecule has 0 saturated heterocycles. The van der Waals surface area contributed by atoms with E-state index in [1.165, 1.54) is 19.2 Å². The zero-order valence-electron chi connectivity index (χ0n) is 9.96. The topological polar surface area (TPSA) is 126 Å². The van der Waals surface area contributed by atoms with Gasteiger partial charge >= 0.3 is 11.8 Å². The van der Waals surface area contributed by atoms with Gasteiger partial charge in [0.1, 0.15) is 11.1 Å². The lowest BCUT2D eigenvalue weighted by atomic mass is 9.92. The molecular formula is C10H12BrN3O5. The molecule has 0 saturated carbocycles. The number of aliphatic hydroxyl groups excluding tert-OH is 1. The number of halogens is 1. The van der Waals surface area contributed by atoms with E-state index in [0.717, 1.165) is 0 Å². The number of rotatable bonds is 6. The molecule has 9 heteroatoms. The largest absolute Gasteiger partial charge is 0.481 e. The zero-order valence-corrected chi connectivity index (χ0v) is 11.5. The molecule has 0 amide bonds. The van der Waals surface area contributed by atoms with E-state index in [0.29, 0.717) is 4.47 Å². The van der Waals surface area contributed by atoms with Gasteiger partial charge in [0.2, 0.25) is 0 Å². The highest BCUT2D eigenvalue weighted by Crippen LogP contribution is 2.26. The number of nitrogens with zero attached hydrogens (tertiary/aromatic N) is 2. The van der Waals surface area contributed by atoms with Crippen LogP contribution in [0.3, 0.4) is 0 Å². The predicted molar refractivity (Wildman–Crippen MR) is 69.9 cm³/mol. The van der Waals surface area contributed by atoms with Gasteiger partial charge in [0.25, 0.3) is 0 Å². The number of aromatic nitrogens is 1. The van der Waals surface area contributed by atoms with E-state index in [1.54, 1.807) is 0 Å². The first kappa shape index (κ1) is 15.3. The Morgan fingerprint density at radius 2 is 2.32 bits per heavy atom. The molecule has 104 valence electrons. The van der Waals surface area contributed by atoms with E-state index < -0.39 is 28.7 Å². The number of carboxylic acid groups (broad SMARTS) is 1. The molecule has 19 heavy (non-hydrogen) atoms. The first-order chi connectivity index (χ1) is 8.80. The summed E-state index contributed by atoms with van der Waals surface area (Å²) in [6, 6.07) is 1.42. The van der Waals surface area contributed by atoms with Crippen LogP contribution in [0.1, 0.15) is 6.92 Å². The quantitative estimate of drug-likeness (QED) is 0.528. The van der Waals surface area contributed by atoms with Crippen LogP contribution in [-0.2, 0) is 4.79 Å². The monoisotopic (exact) mass is 333 g/mol. The Bertz CT molecular complexity index is 510. The summed E-state index contributed by atoms with van der Waals surface area (Å²) in [4.78, 5) is 24.7. The van der Waals surface area contributed by atoms with Crippen LogP contribution in [0.5, 0.6) is 0 Å². The van der Waals surface area contributed by atoms with Gasteiger partial charge in [0.15, 0.2) is 6.20 Å². The summed E-state index contributed by atoms with van der Waals surface area (Å²) < 4.78 is 0.515. The minimum Gasteiger partial charge on any atom is -0.481 e. The summed E-state index contributed by atoms with van der Waals surface area (Å²) in [5.41, 5.74) is -1.35. The first-order valence-corrected chi connectivity index (χ1v) is 5.97. The van der Waals surface area contributed by atoms with Crippen LogP contribution in [-0.4, -0.2) is 39.2 Å². The fourth-order valence-corrected chi connectivity index (χ4v) is 1.53. The van der Waals surface area contributed by atoms with Crippen LogP contribution in [0.4, 0.5) is 11.5 Å². The Labute approximate surface area is 116 Å². The molecule has 1 heterocycles. The average Bonchev–Trinajstić information content (AvgIpc) is 2.35. The molecule has 0 aliphatic heterocycles. The van der Waals surface area contributed by atoms with Gasteiger partial charge in [-0.1, -0.05) is 0 Å². The fourth-order valence-electron chi connectivity index (χ4n) is 1.20. The number of aliphatic hydroxyl groups is 1. The van der Waals surface area contributed by atoms with Gasteiger partial charge in [0, 0.05) is 6.54 Å². The summed E-state index contributed by atoms with van der Waals surface area (Å²) in [6.07, 6.45) is 1.27. The van der Waals surface area contributed by atoms with Crippen molar-refractivity contribution >= 4 is 33.4 Å². The molecule has 1 unspecified atom stereocenters. The highest BCUT2D eigenvalue weighted by Gasteiger charge is 2.33. The van der Waals surface area contributed by atoms with Gasteiger partial charge in [0.05, 0.1) is 11.1 Å². The maximum absolute atomic E-state index is 11.0. The second-order valence-electron chi connectivity index (χ2n) is 4.16. The van der Waals surface area contributed by atoms with Crippen molar-refractivity contribution < 1.29 is 19.9 Å². The van der Waals surface area contributed by atoms with Crippen molar-refractivity contribution in [3.8, 4) is 0 Å². The number of anilines is 1. The number of hydrogen-bond acceptors (Lipinski definition) is 6. The number of nitrogens with one attached hydrogen (secondary N) is 1. The Balaban J connectivity index is 2.97. The molecule has 1 aromatic heterocycles. The highest BCUT2D eigenvalue weighted by molar-refractivity contribution is 9.10. The van der Waals surface area contributed by atoms with Crippen LogP contribution in [0.15, 0.2) is 16.7 Å². The third-order valence-electron chi connectivity index (χ3n) is 2.54. The third kappa shape index (κ3) is 3.61. The van der Waals surface area contributed by atoms with Crippen LogP contribution in [0.25, 0.3) is 0 Å². The van der Waals surface area contributed by atoms with E-state index in [1.807, 2.05) is 0 Å². The van der Waals surface area contributed by atoms with E-state index >= 15 is 0 Å². The van der Waals surface area contributed by atoms with Gasteiger partial charge in [-0.05, 0) is 38.8 Å². The summed E-state index contributed by atoms with van der Waals surface area (Å²) in [6.45, 7) is 0.571. The van der Waals surface area contributed by atoms with Crippen molar-refractivity contribution in [3.05, 3.63) is 26.9 Å². The molecule has 1 rings (SSSR count). The van der Waals surface area contributed by atoms with Gasteiger partial charge in [-0.15, -0.1) is 0 Å². The average molecular weight is 334 g/mol. The molecule has 1 atom stereocenters. The van der Waals surface area contributed by atoms with E-state index in [2.05, 4.69) is 26.2 Å². The minimum absolute atomic E-state index is 0.0836. The van der Waals surface area contributed by atoms with E-state index in [4.69, 9.17) is 10.2 Å². The van der Waals surface area contributed by atoms with Crippen LogP contribution >= 0.6 is 15.9 Å². The molecule has 1 aromatic rings. The zero-order chi connectivity index (χ0) is 14.6. The smallest absolute Gasteiger partial charge is 0.386 e. The Morgan fingerprint density at radius 3 is 2.79 bits per heavy atom. The number of aliphatic carboxylic acids is 1. The van der Waals surface area contributed by atoms with Gasteiger partial charge in [-0.2, -0.15) is 0 Å². The molecule has 0 bridgehead atoms. The molecule has 3 N–H and O–H groups in total. The molecular weight excluding hydrogens is 322 g/mol. The second kappa shape index (κ2) is 5.93. The number of pyridine rings is 1. The Hall–Kier alpha value is -1.74. The lowest BCUT2D eigenvalue weighted by Gasteiger charge is -2.22. The number of carboxylic acids is 1. The van der Waals surface area contributed by atoms with Gasteiger partial charge in [-0.25, -0.2) is 0 Å². The van der Waals surface area contributed by atoms with Crippen LogP contribution in [0.2, 0.25) is 0 Å². The molecule has 0 aliphatic rings. The molecule has 0 fully saturated rings. The number of hydrogen-bond donors (Lipinski definition) is 3. The lowest BCUT2D eigenvalue weighted by molar-refractivity contribution is -0.388. The third-order valence-corrected chi connectivity index (χ3v) is 2.97. The minimum atomic E-state index is -1.43. The first-order valence-electron chi connectivity index (χ1n) is 5.18. The van der Waals surface area contributed by atoms with E-state index in [9.17, 15) is 14.9 Å². The molecule has 0 spiro atoms. The van der Waals surface area contributed by atoms with Crippen molar-refractivity contribution in [2.24, 2.45) is 5.41 Å². The van der Waals surface area contributed by atoms with E-state index in [-0.39, 0.29) is 12.2 Å². The lowest BCUT2D eigenvalue weighted by Crippen LogP contribution is -2.38. The standard InChI is InChI=1S/C10H12BrN3O5/c1-10(5-15,9(16)17)4-13-7-2-6(11)3-12-8(7)14(18)19/h2-3,13,15H,4-5H2,1H3,(H,16,17). The summed E-state index contributed by atoms with van der Waals surface area (Å²) in [5.74, 6) is -1.61. The second-order valence-corrected chi connectivity index (χ2v) is 5.07. The maximum Gasteiger partial charge on any atom is 0.386 e.